The second-order valence-corrected chi connectivity index (χ2v) is 8.65. The Balaban J connectivity index is 0.00000306. The highest BCUT2D eigenvalue weighted by Gasteiger charge is 2.26. The van der Waals surface area contributed by atoms with E-state index in [1.807, 2.05) is 25.8 Å². The van der Waals surface area contributed by atoms with E-state index in [4.69, 9.17) is 8.83 Å². The van der Waals surface area contributed by atoms with Gasteiger partial charge in [-0.25, -0.2) is 4.98 Å². The molecule has 0 unspecified atom stereocenters. The Morgan fingerprint density at radius 1 is 1.15 bits per heavy atom. The molecule has 2 fully saturated rings. The van der Waals surface area contributed by atoms with Crippen LogP contribution in [-0.4, -0.2) is 84.4 Å². The summed E-state index contributed by atoms with van der Waals surface area (Å²) in [6, 6.07) is 3.46. The minimum Gasteiger partial charge on any atom is -0.459 e. The van der Waals surface area contributed by atoms with E-state index in [-0.39, 0.29) is 29.9 Å². The average Bonchev–Trinajstić information content (AvgIpc) is 3.45. The number of carbonyl (C=O) groups is 1. The number of nitrogens with one attached hydrogen (secondary N) is 1. The zero-order chi connectivity index (χ0) is 22.5. The van der Waals surface area contributed by atoms with Gasteiger partial charge in [0.05, 0.1) is 18.5 Å². The first-order valence-corrected chi connectivity index (χ1v) is 11.5. The van der Waals surface area contributed by atoms with Gasteiger partial charge in [0.25, 0.3) is 5.91 Å². The molecule has 33 heavy (non-hydrogen) atoms. The maximum Gasteiger partial charge on any atom is 0.289 e. The highest BCUT2D eigenvalue weighted by molar-refractivity contribution is 14.0. The number of furan rings is 1. The van der Waals surface area contributed by atoms with Crippen LogP contribution in [0.3, 0.4) is 0 Å². The van der Waals surface area contributed by atoms with Crippen molar-refractivity contribution in [3.63, 3.8) is 0 Å². The lowest BCUT2D eigenvalue weighted by Crippen LogP contribution is -2.54. The molecule has 2 saturated heterocycles. The number of aliphatic imine (C=N–C) groups is 1. The van der Waals surface area contributed by atoms with Crippen LogP contribution in [0.2, 0.25) is 0 Å². The zero-order valence-corrected chi connectivity index (χ0v) is 22.1. The van der Waals surface area contributed by atoms with E-state index in [9.17, 15) is 4.79 Å². The monoisotopic (exact) mass is 570 g/mol. The number of amides is 1. The summed E-state index contributed by atoms with van der Waals surface area (Å²) in [6.45, 7) is 10.6. The van der Waals surface area contributed by atoms with Crippen LogP contribution < -0.4 is 5.32 Å². The Kier molecular flexibility index (Phi) is 9.19. The van der Waals surface area contributed by atoms with Gasteiger partial charge in [0, 0.05) is 39.8 Å². The van der Waals surface area contributed by atoms with Crippen molar-refractivity contribution in [3.05, 3.63) is 41.5 Å². The van der Waals surface area contributed by atoms with Crippen molar-refractivity contribution >= 4 is 35.8 Å². The van der Waals surface area contributed by atoms with Crippen LogP contribution in [0.25, 0.3) is 0 Å². The summed E-state index contributed by atoms with van der Waals surface area (Å²) in [6.07, 6.45) is 3.83. The molecule has 1 N–H and O–H groups in total. The lowest BCUT2D eigenvalue weighted by Gasteiger charge is -2.37. The largest absolute Gasteiger partial charge is 0.459 e. The smallest absolute Gasteiger partial charge is 0.289 e. The first-order chi connectivity index (χ1) is 15.5. The number of piperidine rings is 1. The number of nitrogens with zero attached hydrogens (tertiary/aromatic N) is 5. The van der Waals surface area contributed by atoms with E-state index in [1.54, 1.807) is 12.1 Å². The van der Waals surface area contributed by atoms with Crippen molar-refractivity contribution < 1.29 is 13.6 Å². The van der Waals surface area contributed by atoms with Gasteiger partial charge in [-0.05, 0) is 57.8 Å². The number of aromatic nitrogens is 1. The molecule has 182 valence electrons. The summed E-state index contributed by atoms with van der Waals surface area (Å²) in [5.74, 6) is 3.64. The summed E-state index contributed by atoms with van der Waals surface area (Å²) in [5.41, 5.74) is 0.983. The Hall–Kier alpha value is -2.08. The third-order valence-corrected chi connectivity index (χ3v) is 6.50. The van der Waals surface area contributed by atoms with Gasteiger partial charge in [-0.2, -0.15) is 0 Å². The van der Waals surface area contributed by atoms with Gasteiger partial charge in [0.1, 0.15) is 5.76 Å². The van der Waals surface area contributed by atoms with Crippen molar-refractivity contribution in [1.29, 1.82) is 0 Å². The summed E-state index contributed by atoms with van der Waals surface area (Å²) in [7, 11) is 1.83. The summed E-state index contributed by atoms with van der Waals surface area (Å²) in [5, 5.41) is 3.56. The van der Waals surface area contributed by atoms with Gasteiger partial charge in [-0.3, -0.25) is 14.7 Å². The van der Waals surface area contributed by atoms with Gasteiger partial charge in [-0.1, -0.05) is 0 Å². The predicted molar refractivity (Wildman–Crippen MR) is 137 cm³/mol. The minimum absolute atomic E-state index is 0. The fourth-order valence-corrected chi connectivity index (χ4v) is 4.39. The van der Waals surface area contributed by atoms with Crippen molar-refractivity contribution in [2.24, 2.45) is 10.9 Å². The second kappa shape index (κ2) is 11.9. The van der Waals surface area contributed by atoms with Gasteiger partial charge >= 0.3 is 0 Å². The molecule has 4 rings (SSSR count). The normalized spacial score (nSPS) is 18.3. The Morgan fingerprint density at radius 3 is 2.42 bits per heavy atom. The number of carbonyl (C=O) groups excluding carboxylic acids is 1. The number of halogens is 1. The number of piperazine rings is 1. The second-order valence-electron chi connectivity index (χ2n) is 8.65. The molecule has 0 aliphatic carbocycles. The van der Waals surface area contributed by atoms with Crippen LogP contribution in [0.1, 0.15) is 40.7 Å². The lowest BCUT2D eigenvalue weighted by atomic mass is 9.97. The molecule has 10 heteroatoms. The molecule has 2 aliphatic heterocycles. The van der Waals surface area contributed by atoms with E-state index in [0.717, 1.165) is 75.4 Å². The van der Waals surface area contributed by atoms with Gasteiger partial charge < -0.3 is 24.0 Å². The molecule has 0 atom stereocenters. The molecule has 2 aromatic rings. The number of hydrogen-bond donors (Lipinski definition) is 1. The molecule has 1 amide bonds. The highest BCUT2D eigenvalue weighted by Crippen LogP contribution is 2.19. The van der Waals surface area contributed by atoms with Crippen molar-refractivity contribution in [2.75, 3.05) is 52.9 Å². The van der Waals surface area contributed by atoms with Crippen molar-refractivity contribution in [3.8, 4) is 0 Å². The van der Waals surface area contributed by atoms with Gasteiger partial charge in [-0.15, -0.1) is 24.0 Å². The lowest BCUT2D eigenvalue weighted by molar-refractivity contribution is 0.0657. The van der Waals surface area contributed by atoms with E-state index in [1.165, 1.54) is 6.26 Å². The Labute approximate surface area is 212 Å². The average molecular weight is 570 g/mol. The molecule has 0 aromatic carbocycles. The number of aryl methyl sites for hydroxylation is 2. The van der Waals surface area contributed by atoms with Gasteiger partial charge in [0.2, 0.25) is 5.89 Å². The van der Waals surface area contributed by atoms with Crippen LogP contribution in [0.5, 0.6) is 0 Å². The van der Waals surface area contributed by atoms with E-state index < -0.39 is 0 Å². The van der Waals surface area contributed by atoms with Crippen molar-refractivity contribution in [1.82, 2.24) is 25.0 Å². The molecular formula is C23H35IN6O3. The number of oxazole rings is 1. The maximum atomic E-state index is 12.5. The molecule has 0 bridgehead atoms. The fraction of sp³-hybridized carbons (Fsp3) is 0.609. The molecule has 4 heterocycles. The first kappa shape index (κ1) is 25.5. The summed E-state index contributed by atoms with van der Waals surface area (Å²) in [4.78, 5) is 27.9. The van der Waals surface area contributed by atoms with Crippen LogP contribution in [0, 0.1) is 19.8 Å². The van der Waals surface area contributed by atoms with E-state index in [0.29, 0.717) is 24.8 Å². The van der Waals surface area contributed by atoms with Crippen molar-refractivity contribution in [2.45, 2.75) is 33.2 Å². The molecule has 0 spiro atoms. The first-order valence-electron chi connectivity index (χ1n) is 11.5. The summed E-state index contributed by atoms with van der Waals surface area (Å²) < 4.78 is 11.0. The molecule has 9 nitrogen and oxygen atoms in total. The zero-order valence-electron chi connectivity index (χ0n) is 19.7. The van der Waals surface area contributed by atoms with Crippen LogP contribution in [-0.2, 0) is 6.54 Å². The fourth-order valence-electron chi connectivity index (χ4n) is 4.39. The van der Waals surface area contributed by atoms with E-state index in [2.05, 4.69) is 25.1 Å². The number of guanidine groups is 1. The highest BCUT2D eigenvalue weighted by atomic mass is 127. The quantitative estimate of drug-likeness (QED) is 0.336. The number of likely N-dealkylation sites (tertiary alicyclic amines) is 1. The maximum absolute atomic E-state index is 12.5. The van der Waals surface area contributed by atoms with E-state index >= 15 is 0 Å². The Bertz CT molecular complexity index is 893. The van der Waals surface area contributed by atoms with Gasteiger partial charge in [0.15, 0.2) is 11.7 Å². The number of hydrogen-bond acceptors (Lipinski definition) is 6. The third-order valence-electron chi connectivity index (χ3n) is 6.50. The predicted octanol–water partition coefficient (Wildman–Crippen LogP) is 2.75. The topological polar surface area (TPSA) is 90.4 Å². The molecule has 2 aromatic heterocycles. The van der Waals surface area contributed by atoms with Crippen LogP contribution in [0.4, 0.5) is 0 Å². The minimum atomic E-state index is -0.0422. The molecule has 2 aliphatic rings. The molecular weight excluding hydrogens is 535 g/mol. The molecule has 0 radical (unpaired) electrons. The standard InChI is InChI=1S/C23H34N6O3.HI/c1-17-18(2)32-21(26-17)16-27-8-6-19(7-9-27)15-25-23(24-3)29-12-10-28(11-13-29)22(30)20-5-4-14-31-20;/h4-5,14,19H,6-13,15-16H2,1-3H3,(H,24,25);1H. The summed E-state index contributed by atoms with van der Waals surface area (Å²) >= 11 is 0. The Morgan fingerprint density at radius 2 is 1.85 bits per heavy atom. The third kappa shape index (κ3) is 6.50. The number of rotatable bonds is 5. The van der Waals surface area contributed by atoms with Crippen LogP contribution in [0.15, 0.2) is 32.2 Å². The SMILES string of the molecule is CN=C(NCC1CCN(Cc2nc(C)c(C)o2)CC1)N1CCN(C(=O)c2ccco2)CC1.I. The molecule has 0 saturated carbocycles. The van der Waals surface area contributed by atoms with Crippen LogP contribution >= 0.6 is 24.0 Å².